The molecule has 0 bridgehead atoms. The van der Waals surface area contributed by atoms with E-state index in [-0.39, 0.29) is 11.2 Å². The first-order valence-electron chi connectivity index (χ1n) is 6.78. The fourth-order valence-electron chi connectivity index (χ4n) is 2.64. The second-order valence-electron chi connectivity index (χ2n) is 4.92. The second kappa shape index (κ2) is 5.94. The normalized spacial score (nSPS) is 21.9. The molecule has 1 unspecified atom stereocenters. The van der Waals surface area contributed by atoms with Gasteiger partial charge < -0.3 is 0 Å². The number of benzene rings is 1. The molecule has 0 radical (unpaired) electrons. The third-order valence-corrected chi connectivity index (χ3v) is 4.90. The zero-order valence-electron chi connectivity index (χ0n) is 11.0. The average molecular weight is 303 g/mol. The summed E-state index contributed by atoms with van der Waals surface area (Å²) in [6, 6.07) is 14.2. The Morgan fingerprint density at radius 1 is 1.15 bits per heavy atom. The first-order valence-corrected chi connectivity index (χ1v) is 8.09. The number of halogens is 1. The molecule has 1 aliphatic rings. The minimum absolute atomic E-state index is 0.102. The van der Waals surface area contributed by atoms with Gasteiger partial charge >= 0.3 is 0 Å². The van der Waals surface area contributed by atoms with Gasteiger partial charge in [-0.15, -0.1) is 22.9 Å². The molecule has 3 rings (SSSR count). The van der Waals surface area contributed by atoms with Gasteiger partial charge in [0.15, 0.2) is 5.78 Å². The van der Waals surface area contributed by atoms with Crippen LogP contribution in [0.25, 0.3) is 5.57 Å². The van der Waals surface area contributed by atoms with Crippen LogP contribution in [0.1, 0.15) is 29.7 Å². The van der Waals surface area contributed by atoms with E-state index in [1.165, 1.54) is 0 Å². The summed E-state index contributed by atoms with van der Waals surface area (Å²) in [6.07, 6.45) is 2.59. The van der Waals surface area contributed by atoms with Crippen LogP contribution < -0.4 is 0 Å². The van der Waals surface area contributed by atoms with Gasteiger partial charge in [-0.25, -0.2) is 0 Å². The summed E-state index contributed by atoms with van der Waals surface area (Å²) >= 11 is 7.84. The van der Waals surface area contributed by atoms with E-state index in [1.807, 2.05) is 29.6 Å². The molecule has 1 fully saturated rings. The van der Waals surface area contributed by atoms with E-state index in [1.54, 1.807) is 11.3 Å². The number of hydrogen-bond donors (Lipinski definition) is 0. The molecule has 0 amide bonds. The first kappa shape index (κ1) is 13.6. The maximum atomic E-state index is 12.5. The van der Waals surface area contributed by atoms with E-state index in [0.717, 1.165) is 40.8 Å². The van der Waals surface area contributed by atoms with E-state index in [0.29, 0.717) is 0 Å². The van der Waals surface area contributed by atoms with Crippen LogP contribution in [-0.4, -0.2) is 11.2 Å². The lowest BCUT2D eigenvalue weighted by Crippen LogP contribution is -2.23. The van der Waals surface area contributed by atoms with Crippen LogP contribution in [0.2, 0.25) is 0 Å². The zero-order valence-corrected chi connectivity index (χ0v) is 12.6. The Hall–Kier alpha value is -1.38. The van der Waals surface area contributed by atoms with Gasteiger partial charge in [0.25, 0.3) is 0 Å². The van der Waals surface area contributed by atoms with Crippen LogP contribution >= 0.6 is 22.9 Å². The third-order valence-electron chi connectivity index (χ3n) is 3.60. The van der Waals surface area contributed by atoms with Crippen molar-refractivity contribution in [2.75, 3.05) is 0 Å². The number of allylic oxidation sites excluding steroid dienone is 1. The quantitative estimate of drug-likeness (QED) is 0.569. The maximum absolute atomic E-state index is 12.5. The number of hydrogen-bond acceptors (Lipinski definition) is 2. The van der Waals surface area contributed by atoms with Gasteiger partial charge in [-0.2, -0.15) is 0 Å². The summed E-state index contributed by atoms with van der Waals surface area (Å²) in [5.41, 5.74) is 3.06. The molecule has 1 aliphatic carbocycles. The zero-order chi connectivity index (χ0) is 13.9. The first-order chi connectivity index (χ1) is 9.77. The molecule has 0 spiro atoms. The predicted octanol–water partition coefficient (Wildman–Crippen LogP) is 4.91. The van der Waals surface area contributed by atoms with Crippen LogP contribution in [0.3, 0.4) is 0 Å². The van der Waals surface area contributed by atoms with Crippen LogP contribution in [-0.2, 0) is 4.79 Å². The molecule has 3 heteroatoms. The Labute approximate surface area is 127 Å². The summed E-state index contributed by atoms with van der Waals surface area (Å²) in [5, 5.41) is 1.68. The van der Waals surface area contributed by atoms with Crippen molar-refractivity contribution in [3.8, 4) is 0 Å². The average Bonchev–Trinajstić information content (AvgIpc) is 2.99. The number of Topliss-reactive ketones (excluding diaryl/α,β-unsaturated/α-hetero) is 1. The number of alkyl halides is 1. The van der Waals surface area contributed by atoms with E-state index in [9.17, 15) is 4.79 Å². The number of thiophene rings is 1. The smallest absolute Gasteiger partial charge is 0.177 e. The number of carbonyl (C=O) groups is 1. The summed E-state index contributed by atoms with van der Waals surface area (Å²) < 4.78 is 0. The molecule has 0 saturated heterocycles. The van der Waals surface area contributed by atoms with Gasteiger partial charge in [-0.05, 0) is 36.3 Å². The fourth-order valence-corrected chi connectivity index (χ4v) is 3.75. The Balaban J connectivity index is 2.18. The van der Waals surface area contributed by atoms with E-state index < -0.39 is 0 Å². The van der Waals surface area contributed by atoms with E-state index in [2.05, 4.69) is 18.2 Å². The van der Waals surface area contributed by atoms with Crippen molar-refractivity contribution >= 4 is 34.3 Å². The molecule has 1 saturated carbocycles. The van der Waals surface area contributed by atoms with Crippen molar-refractivity contribution in [1.82, 2.24) is 0 Å². The van der Waals surface area contributed by atoms with Crippen molar-refractivity contribution < 1.29 is 4.79 Å². The summed E-state index contributed by atoms with van der Waals surface area (Å²) in [5.74, 6) is 0.102. The molecule has 2 aromatic rings. The SMILES string of the molecule is O=C1C(=C(c2ccccc2)c2cccs2)CCCC1Cl. The van der Waals surface area contributed by atoms with Crippen molar-refractivity contribution in [1.29, 1.82) is 0 Å². The lowest BCUT2D eigenvalue weighted by atomic mass is 9.86. The van der Waals surface area contributed by atoms with Gasteiger partial charge in [0.2, 0.25) is 0 Å². The summed E-state index contributed by atoms with van der Waals surface area (Å²) in [7, 11) is 0. The number of carbonyl (C=O) groups excluding carboxylic acids is 1. The van der Waals surface area contributed by atoms with Crippen molar-refractivity contribution in [3.63, 3.8) is 0 Å². The van der Waals surface area contributed by atoms with Crippen LogP contribution in [0.4, 0.5) is 0 Å². The Bertz CT molecular complexity index is 628. The Morgan fingerprint density at radius 2 is 1.95 bits per heavy atom. The molecule has 102 valence electrons. The Morgan fingerprint density at radius 3 is 2.65 bits per heavy atom. The fraction of sp³-hybridized carbons (Fsp3) is 0.235. The van der Waals surface area contributed by atoms with Gasteiger partial charge in [-0.1, -0.05) is 36.4 Å². The molecule has 1 nitrogen and oxygen atoms in total. The molecule has 1 aromatic heterocycles. The molecular formula is C17H15ClOS. The molecule has 20 heavy (non-hydrogen) atoms. The molecular weight excluding hydrogens is 288 g/mol. The molecule has 1 aromatic carbocycles. The van der Waals surface area contributed by atoms with E-state index >= 15 is 0 Å². The monoisotopic (exact) mass is 302 g/mol. The lowest BCUT2D eigenvalue weighted by molar-refractivity contribution is -0.116. The molecule has 1 atom stereocenters. The summed E-state index contributed by atoms with van der Waals surface area (Å²) in [4.78, 5) is 13.6. The third kappa shape index (κ3) is 2.58. The van der Waals surface area contributed by atoms with Gasteiger partial charge in [0, 0.05) is 16.0 Å². The minimum Gasteiger partial charge on any atom is -0.293 e. The highest BCUT2D eigenvalue weighted by atomic mass is 35.5. The highest BCUT2D eigenvalue weighted by Gasteiger charge is 2.28. The predicted molar refractivity (Wildman–Crippen MR) is 85.3 cm³/mol. The number of ketones is 1. The van der Waals surface area contributed by atoms with E-state index in [4.69, 9.17) is 11.6 Å². The Kier molecular flexibility index (Phi) is 4.04. The van der Waals surface area contributed by atoms with Crippen LogP contribution in [0, 0.1) is 0 Å². The minimum atomic E-state index is -0.363. The molecule has 0 N–H and O–H groups in total. The largest absolute Gasteiger partial charge is 0.293 e. The molecule has 0 aliphatic heterocycles. The topological polar surface area (TPSA) is 17.1 Å². The van der Waals surface area contributed by atoms with Crippen LogP contribution in [0.15, 0.2) is 53.4 Å². The molecule has 1 heterocycles. The van der Waals surface area contributed by atoms with Crippen LogP contribution in [0.5, 0.6) is 0 Å². The second-order valence-corrected chi connectivity index (χ2v) is 6.40. The standard InChI is InChI=1S/C17H15ClOS/c18-14-9-4-8-13(17(14)19)16(15-10-5-11-20-15)12-6-2-1-3-7-12/h1-3,5-7,10-11,14H,4,8-9H2. The van der Waals surface area contributed by atoms with Gasteiger partial charge in [0.05, 0.1) is 5.38 Å². The highest BCUT2D eigenvalue weighted by Crippen LogP contribution is 2.36. The van der Waals surface area contributed by atoms with Crippen molar-refractivity contribution in [2.45, 2.75) is 24.6 Å². The highest BCUT2D eigenvalue weighted by molar-refractivity contribution is 7.11. The van der Waals surface area contributed by atoms with Gasteiger partial charge in [0.1, 0.15) is 0 Å². The lowest BCUT2D eigenvalue weighted by Gasteiger charge is -2.21. The summed E-state index contributed by atoms with van der Waals surface area (Å²) in [6.45, 7) is 0. The number of rotatable bonds is 2. The maximum Gasteiger partial charge on any atom is 0.177 e. The van der Waals surface area contributed by atoms with Crippen molar-refractivity contribution in [2.24, 2.45) is 0 Å². The van der Waals surface area contributed by atoms with Gasteiger partial charge in [-0.3, -0.25) is 4.79 Å². The van der Waals surface area contributed by atoms with Crippen molar-refractivity contribution in [3.05, 3.63) is 63.9 Å².